The van der Waals surface area contributed by atoms with Crippen LogP contribution >= 0.6 is 7.37 Å². The van der Waals surface area contributed by atoms with Crippen LogP contribution in [0.4, 0.5) is 0 Å². The molecule has 3 rings (SSSR count). The fourth-order valence-electron chi connectivity index (χ4n) is 5.94. The third-order valence-corrected chi connectivity index (χ3v) is 10.8. The third-order valence-electron chi connectivity index (χ3n) is 8.43. The van der Waals surface area contributed by atoms with E-state index in [1.807, 2.05) is 44.2 Å². The van der Waals surface area contributed by atoms with Gasteiger partial charge in [0.1, 0.15) is 12.2 Å². The third kappa shape index (κ3) is 14.4. The summed E-state index contributed by atoms with van der Waals surface area (Å²) >= 11 is 0. The first-order chi connectivity index (χ1) is 22.2. The maximum Gasteiger partial charge on any atom is 0.328 e. The molecule has 1 aromatic carbocycles. The number of aliphatic carboxylic acids is 3. The Morgan fingerprint density at radius 3 is 2.09 bits per heavy atom. The number of hydrogen-bond donors (Lipinski definition) is 3. The second-order valence-corrected chi connectivity index (χ2v) is 15.1. The van der Waals surface area contributed by atoms with Gasteiger partial charge in [0.05, 0.1) is 0 Å². The molecule has 0 radical (unpaired) electrons. The van der Waals surface area contributed by atoms with Gasteiger partial charge in [-0.25, -0.2) is 14.4 Å². The van der Waals surface area contributed by atoms with E-state index in [4.69, 9.17) is 19.5 Å². The number of nitrogens with zero attached hydrogens (tertiary/aromatic N) is 1. The molecule has 4 atom stereocenters. The molecular weight excluding hydrogens is 629 g/mol. The Balaban J connectivity index is 0.000000849. The summed E-state index contributed by atoms with van der Waals surface area (Å²) in [6.45, 7) is 5.68. The van der Waals surface area contributed by atoms with Gasteiger partial charge in [-0.05, 0) is 43.1 Å². The largest absolute Gasteiger partial charge is 0.480 e. The highest BCUT2D eigenvalue weighted by Gasteiger charge is 2.44. The van der Waals surface area contributed by atoms with Gasteiger partial charge in [-0.1, -0.05) is 83.2 Å². The molecule has 12 nitrogen and oxygen atoms in total. The second kappa shape index (κ2) is 20.0. The van der Waals surface area contributed by atoms with E-state index in [0.29, 0.717) is 37.5 Å². The zero-order chi connectivity index (χ0) is 35.0. The van der Waals surface area contributed by atoms with Gasteiger partial charge in [0, 0.05) is 37.2 Å². The van der Waals surface area contributed by atoms with Crippen molar-refractivity contribution in [2.24, 2.45) is 17.8 Å². The van der Waals surface area contributed by atoms with Crippen LogP contribution in [0.15, 0.2) is 42.5 Å². The van der Waals surface area contributed by atoms with Crippen molar-refractivity contribution >= 4 is 37.2 Å². The van der Waals surface area contributed by atoms with Gasteiger partial charge in [-0.3, -0.25) is 18.7 Å². The molecule has 2 unspecified atom stereocenters. The average molecular weight is 680 g/mol. The Bertz CT molecular complexity index is 1240. The van der Waals surface area contributed by atoms with E-state index in [0.717, 1.165) is 38.5 Å². The van der Waals surface area contributed by atoms with Gasteiger partial charge in [-0.15, -0.1) is 0 Å². The lowest BCUT2D eigenvalue weighted by Gasteiger charge is -2.30. The Morgan fingerprint density at radius 2 is 1.55 bits per heavy atom. The van der Waals surface area contributed by atoms with Crippen LogP contribution in [0.2, 0.25) is 0 Å². The van der Waals surface area contributed by atoms with Crippen LogP contribution < -0.4 is 0 Å². The molecule has 1 aromatic rings. The molecule has 2 aliphatic rings. The van der Waals surface area contributed by atoms with E-state index in [1.165, 1.54) is 16.9 Å². The number of ether oxygens (including phenoxy) is 1. The fourth-order valence-corrected chi connectivity index (χ4v) is 8.24. The van der Waals surface area contributed by atoms with Crippen molar-refractivity contribution in [2.75, 3.05) is 18.9 Å². The van der Waals surface area contributed by atoms with Crippen molar-refractivity contribution in [1.29, 1.82) is 0 Å². The van der Waals surface area contributed by atoms with Crippen LogP contribution in [0.5, 0.6) is 0 Å². The molecular formula is C34H50NO11P. The minimum atomic E-state index is -3.60. The standard InChI is InChI=1S/C30H46NO7P.C4H4O4/c1-4-28(33)37-30(22(2)3)38-39(36,18-12-11-15-23-13-7-5-8-14-23)21-27(32)31-20-25(19-26(31)29(34)35)24-16-9-6-10-17-24;5-3(6)1-2-4(7)8/h5,7-8,13-14,22,24-26,30H,4,6,9-12,15-21H2,1-3H3,(H,34,35);1-2H,(H,5,6)(H,7,8)/b;2-1-/t25-,26+,30?,39?;/m1./s1. The van der Waals surface area contributed by atoms with Crippen LogP contribution in [0, 0.1) is 17.8 Å². The molecule has 1 aliphatic heterocycles. The molecule has 3 N–H and O–H groups in total. The molecule has 13 heteroatoms. The van der Waals surface area contributed by atoms with Crippen LogP contribution in [0.3, 0.4) is 0 Å². The minimum absolute atomic E-state index is 0.149. The summed E-state index contributed by atoms with van der Waals surface area (Å²) in [5.74, 6) is -4.12. The van der Waals surface area contributed by atoms with E-state index < -0.39 is 49.5 Å². The molecule has 1 heterocycles. The highest BCUT2D eigenvalue weighted by Crippen LogP contribution is 2.51. The maximum atomic E-state index is 14.2. The van der Waals surface area contributed by atoms with Crippen LogP contribution in [0.1, 0.15) is 84.1 Å². The predicted octanol–water partition coefficient (Wildman–Crippen LogP) is 5.83. The number of hydrogen-bond acceptors (Lipinski definition) is 8. The number of aryl methyl sites for hydroxylation is 1. The highest BCUT2D eigenvalue weighted by atomic mass is 31.2. The monoisotopic (exact) mass is 679 g/mol. The van der Waals surface area contributed by atoms with Crippen molar-refractivity contribution in [1.82, 2.24) is 4.90 Å². The zero-order valence-electron chi connectivity index (χ0n) is 27.6. The van der Waals surface area contributed by atoms with Gasteiger partial charge >= 0.3 is 23.9 Å². The predicted molar refractivity (Wildman–Crippen MR) is 175 cm³/mol. The van der Waals surface area contributed by atoms with Crippen molar-refractivity contribution < 1.29 is 53.1 Å². The number of rotatable bonds is 16. The van der Waals surface area contributed by atoms with Crippen LogP contribution in [0.25, 0.3) is 0 Å². The fraction of sp³-hybridized carbons (Fsp3) is 0.618. The minimum Gasteiger partial charge on any atom is -0.480 e. The number of likely N-dealkylation sites (tertiary alicyclic amines) is 1. The lowest BCUT2D eigenvalue weighted by atomic mass is 9.79. The first-order valence-corrected chi connectivity index (χ1v) is 18.4. The van der Waals surface area contributed by atoms with Crippen molar-refractivity contribution in [3.63, 3.8) is 0 Å². The SMILES string of the molecule is CCC(=O)OC(OP(=O)(CCCCc1ccccc1)CC(=O)N1C[C@H](C2CCCCC2)C[C@H]1C(=O)O)C(C)C.O=C(O)/C=C\C(=O)O. The van der Waals surface area contributed by atoms with E-state index in [2.05, 4.69) is 0 Å². The van der Waals surface area contributed by atoms with Crippen LogP contribution in [-0.4, -0.2) is 81.2 Å². The summed E-state index contributed by atoms with van der Waals surface area (Å²) < 4.78 is 25.7. The molecule has 2 fully saturated rings. The summed E-state index contributed by atoms with van der Waals surface area (Å²) in [5, 5.41) is 25.5. The quantitative estimate of drug-likeness (QED) is 0.0627. The molecule has 1 aliphatic carbocycles. The molecule has 1 saturated heterocycles. The van der Waals surface area contributed by atoms with Crippen molar-refractivity contribution in [3.8, 4) is 0 Å². The molecule has 1 amide bonds. The normalized spacial score (nSPS) is 20.2. The second-order valence-electron chi connectivity index (χ2n) is 12.5. The first kappa shape index (κ1) is 39.7. The Hall–Kier alpha value is -3.50. The molecule has 0 spiro atoms. The highest BCUT2D eigenvalue weighted by molar-refractivity contribution is 7.59. The zero-order valence-corrected chi connectivity index (χ0v) is 28.5. The van der Waals surface area contributed by atoms with Gasteiger partial charge in [0.2, 0.25) is 19.6 Å². The summed E-state index contributed by atoms with van der Waals surface area (Å²) in [5.41, 5.74) is 1.18. The van der Waals surface area contributed by atoms with E-state index in [-0.39, 0.29) is 30.6 Å². The van der Waals surface area contributed by atoms with Gasteiger partial charge in [0.15, 0.2) is 0 Å². The number of carbonyl (C=O) groups is 5. The smallest absolute Gasteiger partial charge is 0.328 e. The topological polar surface area (TPSA) is 185 Å². The Labute approximate surface area is 277 Å². The molecule has 1 saturated carbocycles. The lowest BCUT2D eigenvalue weighted by Crippen LogP contribution is -2.42. The molecule has 0 bridgehead atoms. The summed E-state index contributed by atoms with van der Waals surface area (Å²) in [4.78, 5) is 58.3. The van der Waals surface area contributed by atoms with E-state index >= 15 is 0 Å². The van der Waals surface area contributed by atoms with E-state index in [1.54, 1.807) is 6.92 Å². The molecule has 47 heavy (non-hydrogen) atoms. The number of esters is 1. The Morgan fingerprint density at radius 1 is 0.936 bits per heavy atom. The molecule has 0 aromatic heterocycles. The van der Waals surface area contributed by atoms with E-state index in [9.17, 15) is 33.6 Å². The lowest BCUT2D eigenvalue weighted by molar-refractivity contribution is -0.169. The number of amides is 1. The number of benzene rings is 1. The summed E-state index contributed by atoms with van der Waals surface area (Å²) in [7, 11) is -3.60. The maximum absolute atomic E-state index is 14.2. The Kier molecular flexibility index (Phi) is 16.9. The van der Waals surface area contributed by atoms with Crippen molar-refractivity contribution in [3.05, 3.63) is 48.0 Å². The van der Waals surface area contributed by atoms with Crippen molar-refractivity contribution in [2.45, 2.75) is 97.3 Å². The number of carboxylic acid groups (broad SMARTS) is 3. The molecule has 262 valence electrons. The number of carbonyl (C=O) groups excluding carboxylic acids is 2. The summed E-state index contributed by atoms with van der Waals surface area (Å²) in [6.07, 6.45) is 8.24. The number of carboxylic acids is 3. The van der Waals surface area contributed by atoms with Gasteiger partial charge in [0.25, 0.3) is 0 Å². The van der Waals surface area contributed by atoms with Gasteiger partial charge < -0.3 is 25.0 Å². The van der Waals surface area contributed by atoms with Gasteiger partial charge in [-0.2, -0.15) is 0 Å². The van der Waals surface area contributed by atoms with Crippen LogP contribution in [-0.2, 0) is 44.2 Å². The first-order valence-electron chi connectivity index (χ1n) is 16.4. The average Bonchev–Trinajstić information content (AvgIpc) is 3.49. The number of unbranched alkanes of at least 4 members (excludes halogenated alkanes) is 1. The summed E-state index contributed by atoms with van der Waals surface area (Å²) in [6, 6.07) is 9.10.